The second-order valence-electron chi connectivity index (χ2n) is 5.48. The average Bonchev–Trinajstić information content (AvgIpc) is 2.45. The Hall–Kier alpha value is -1.06. The first-order valence-electron chi connectivity index (χ1n) is 7.45. The van der Waals surface area contributed by atoms with Gasteiger partial charge in [-0.3, -0.25) is 4.90 Å². The molecular formula is C16H27N3. The first-order valence-corrected chi connectivity index (χ1v) is 7.45. The van der Waals surface area contributed by atoms with E-state index in [1.807, 2.05) is 7.05 Å². The normalized spacial score (nSPS) is 18.6. The smallest absolute Gasteiger partial charge is 0.0369 e. The van der Waals surface area contributed by atoms with E-state index in [0.29, 0.717) is 6.04 Å². The minimum absolute atomic E-state index is 0.685. The highest BCUT2D eigenvalue weighted by atomic mass is 15.3. The molecule has 1 heterocycles. The van der Waals surface area contributed by atoms with Crippen LogP contribution in [0.4, 0.5) is 5.69 Å². The van der Waals surface area contributed by atoms with Gasteiger partial charge in [0.15, 0.2) is 0 Å². The van der Waals surface area contributed by atoms with Crippen molar-refractivity contribution in [3.8, 4) is 0 Å². The fraction of sp³-hybridized carbons (Fsp3) is 0.625. The van der Waals surface area contributed by atoms with Crippen molar-refractivity contribution in [2.75, 3.05) is 44.7 Å². The van der Waals surface area contributed by atoms with Crippen LogP contribution in [-0.4, -0.2) is 50.7 Å². The highest BCUT2D eigenvalue weighted by molar-refractivity contribution is 5.48. The van der Waals surface area contributed by atoms with Crippen molar-refractivity contribution in [2.45, 2.75) is 26.3 Å². The van der Waals surface area contributed by atoms with Gasteiger partial charge in [-0.1, -0.05) is 19.1 Å². The molecule has 0 saturated carbocycles. The average molecular weight is 261 g/mol. The van der Waals surface area contributed by atoms with Crippen LogP contribution in [-0.2, 0) is 0 Å². The molecule has 106 valence electrons. The van der Waals surface area contributed by atoms with Crippen LogP contribution in [0.5, 0.6) is 0 Å². The first-order chi connectivity index (χ1) is 9.24. The summed E-state index contributed by atoms with van der Waals surface area (Å²) in [6.45, 7) is 10.2. The van der Waals surface area contributed by atoms with Crippen molar-refractivity contribution < 1.29 is 0 Å². The molecule has 3 heteroatoms. The lowest BCUT2D eigenvalue weighted by molar-refractivity contribution is 0.178. The maximum atomic E-state index is 3.31. The monoisotopic (exact) mass is 261 g/mol. The highest BCUT2D eigenvalue weighted by Gasteiger charge is 2.22. The number of aryl methyl sites for hydroxylation is 1. The zero-order valence-corrected chi connectivity index (χ0v) is 12.5. The third-order valence-corrected chi connectivity index (χ3v) is 4.11. The van der Waals surface area contributed by atoms with Gasteiger partial charge in [-0.15, -0.1) is 0 Å². The second kappa shape index (κ2) is 6.92. The van der Waals surface area contributed by atoms with E-state index in [-0.39, 0.29) is 0 Å². The maximum Gasteiger partial charge on any atom is 0.0369 e. The van der Waals surface area contributed by atoms with Gasteiger partial charge in [-0.2, -0.15) is 0 Å². The molecule has 1 aromatic carbocycles. The van der Waals surface area contributed by atoms with Gasteiger partial charge < -0.3 is 10.2 Å². The lowest BCUT2D eigenvalue weighted by atomic mass is 10.1. The van der Waals surface area contributed by atoms with Crippen molar-refractivity contribution in [1.29, 1.82) is 0 Å². The maximum absolute atomic E-state index is 3.31. The molecule has 1 unspecified atom stereocenters. The summed E-state index contributed by atoms with van der Waals surface area (Å²) in [5.41, 5.74) is 2.72. The van der Waals surface area contributed by atoms with Crippen molar-refractivity contribution in [1.82, 2.24) is 10.2 Å². The van der Waals surface area contributed by atoms with Crippen LogP contribution < -0.4 is 10.2 Å². The largest absolute Gasteiger partial charge is 0.369 e. The van der Waals surface area contributed by atoms with E-state index in [1.165, 1.54) is 30.8 Å². The van der Waals surface area contributed by atoms with Crippen LogP contribution in [0.3, 0.4) is 0 Å². The molecule has 2 rings (SSSR count). The number of benzene rings is 1. The Morgan fingerprint density at radius 3 is 2.53 bits per heavy atom. The molecule has 1 aliphatic heterocycles. The summed E-state index contributed by atoms with van der Waals surface area (Å²) in [6, 6.07) is 9.53. The standard InChI is InChI=1S/C16H27N3/c1-4-15(13-17-3)18-8-10-19(11-9-18)16-7-5-6-14(2)12-16/h5-7,12,15,17H,4,8-11,13H2,1-3H3. The van der Waals surface area contributed by atoms with Crippen LogP contribution in [0.15, 0.2) is 24.3 Å². The molecule has 0 aliphatic carbocycles. The van der Waals surface area contributed by atoms with E-state index in [2.05, 4.69) is 53.2 Å². The third-order valence-electron chi connectivity index (χ3n) is 4.11. The van der Waals surface area contributed by atoms with Gasteiger partial charge in [0.2, 0.25) is 0 Å². The van der Waals surface area contributed by atoms with Gasteiger partial charge in [0.05, 0.1) is 0 Å². The summed E-state index contributed by atoms with van der Waals surface area (Å²) in [4.78, 5) is 5.14. The van der Waals surface area contributed by atoms with E-state index in [9.17, 15) is 0 Å². The number of nitrogens with one attached hydrogen (secondary N) is 1. The summed E-state index contributed by atoms with van der Waals surface area (Å²) in [5, 5.41) is 3.31. The summed E-state index contributed by atoms with van der Waals surface area (Å²) < 4.78 is 0. The Kier molecular flexibility index (Phi) is 5.23. The molecular weight excluding hydrogens is 234 g/mol. The molecule has 0 bridgehead atoms. The van der Waals surface area contributed by atoms with E-state index in [1.54, 1.807) is 0 Å². The second-order valence-corrected chi connectivity index (χ2v) is 5.48. The summed E-state index contributed by atoms with van der Waals surface area (Å²) in [6.07, 6.45) is 1.23. The molecule has 1 N–H and O–H groups in total. The van der Waals surface area contributed by atoms with Crippen molar-refractivity contribution in [3.05, 3.63) is 29.8 Å². The van der Waals surface area contributed by atoms with Crippen LogP contribution in [0, 0.1) is 6.92 Å². The van der Waals surface area contributed by atoms with Crippen LogP contribution in [0.2, 0.25) is 0 Å². The fourth-order valence-electron chi connectivity index (χ4n) is 2.94. The molecule has 1 aromatic rings. The Labute approximate surface area is 117 Å². The minimum Gasteiger partial charge on any atom is -0.369 e. The van der Waals surface area contributed by atoms with Crippen molar-refractivity contribution >= 4 is 5.69 Å². The predicted octanol–water partition coefficient (Wildman–Crippen LogP) is 2.12. The lowest BCUT2D eigenvalue weighted by Crippen LogP contribution is -2.52. The Balaban J connectivity index is 1.91. The van der Waals surface area contributed by atoms with Crippen LogP contribution in [0.25, 0.3) is 0 Å². The van der Waals surface area contributed by atoms with Crippen LogP contribution >= 0.6 is 0 Å². The van der Waals surface area contributed by atoms with Gasteiger partial charge in [-0.05, 0) is 38.1 Å². The summed E-state index contributed by atoms with van der Waals surface area (Å²) >= 11 is 0. The first kappa shape index (κ1) is 14.4. The van der Waals surface area contributed by atoms with Gasteiger partial charge in [0, 0.05) is 44.5 Å². The molecule has 0 radical (unpaired) electrons. The molecule has 0 aromatic heterocycles. The zero-order chi connectivity index (χ0) is 13.7. The van der Waals surface area contributed by atoms with Gasteiger partial charge in [0.25, 0.3) is 0 Å². The van der Waals surface area contributed by atoms with E-state index < -0.39 is 0 Å². The molecule has 1 aliphatic rings. The van der Waals surface area contributed by atoms with Gasteiger partial charge in [-0.25, -0.2) is 0 Å². The number of likely N-dealkylation sites (N-methyl/N-ethyl adjacent to an activating group) is 1. The quantitative estimate of drug-likeness (QED) is 0.876. The highest BCUT2D eigenvalue weighted by Crippen LogP contribution is 2.18. The van der Waals surface area contributed by atoms with E-state index in [0.717, 1.165) is 19.6 Å². The Morgan fingerprint density at radius 1 is 1.21 bits per heavy atom. The van der Waals surface area contributed by atoms with E-state index >= 15 is 0 Å². The molecule has 3 nitrogen and oxygen atoms in total. The number of hydrogen-bond donors (Lipinski definition) is 1. The van der Waals surface area contributed by atoms with E-state index in [4.69, 9.17) is 0 Å². The van der Waals surface area contributed by atoms with Crippen molar-refractivity contribution in [3.63, 3.8) is 0 Å². The molecule has 0 amide bonds. The number of piperazine rings is 1. The third kappa shape index (κ3) is 3.71. The number of rotatable bonds is 5. The summed E-state index contributed by atoms with van der Waals surface area (Å²) in [7, 11) is 2.05. The lowest BCUT2D eigenvalue weighted by Gasteiger charge is -2.40. The molecule has 1 fully saturated rings. The van der Waals surface area contributed by atoms with Gasteiger partial charge in [0.1, 0.15) is 0 Å². The number of nitrogens with zero attached hydrogens (tertiary/aromatic N) is 2. The number of hydrogen-bond acceptors (Lipinski definition) is 3. The zero-order valence-electron chi connectivity index (χ0n) is 12.5. The Bertz CT molecular complexity index is 383. The van der Waals surface area contributed by atoms with Gasteiger partial charge >= 0.3 is 0 Å². The SMILES string of the molecule is CCC(CNC)N1CCN(c2cccc(C)c2)CC1. The Morgan fingerprint density at radius 2 is 1.95 bits per heavy atom. The predicted molar refractivity (Wildman–Crippen MR) is 83.0 cm³/mol. The molecule has 19 heavy (non-hydrogen) atoms. The van der Waals surface area contributed by atoms with Crippen molar-refractivity contribution in [2.24, 2.45) is 0 Å². The molecule has 0 spiro atoms. The topological polar surface area (TPSA) is 18.5 Å². The number of anilines is 1. The minimum atomic E-state index is 0.685. The van der Waals surface area contributed by atoms with Crippen LogP contribution in [0.1, 0.15) is 18.9 Å². The summed E-state index contributed by atoms with van der Waals surface area (Å²) in [5.74, 6) is 0. The fourth-order valence-corrected chi connectivity index (χ4v) is 2.94. The molecule has 1 saturated heterocycles. The molecule has 1 atom stereocenters.